The van der Waals surface area contributed by atoms with Gasteiger partial charge in [-0.05, 0) is 53.0 Å². The third kappa shape index (κ3) is 6.69. The highest BCUT2D eigenvalue weighted by molar-refractivity contribution is 5.07. The van der Waals surface area contributed by atoms with E-state index in [2.05, 4.69) is 32.2 Å². The Balaban J connectivity index is 1.89. The molecule has 0 unspecified atom stereocenters. The average molecular weight is 211 g/mol. The molecule has 2 heteroatoms. The van der Waals surface area contributed by atoms with Crippen LogP contribution in [0.4, 0.5) is 0 Å². The van der Waals surface area contributed by atoms with Crippen LogP contribution in [0.1, 0.15) is 46.5 Å². The van der Waals surface area contributed by atoms with Gasteiger partial charge < -0.3 is 10.1 Å². The van der Waals surface area contributed by atoms with E-state index >= 15 is 0 Å². The van der Waals surface area contributed by atoms with Gasteiger partial charge in [0.05, 0.1) is 12.2 Å². The smallest absolute Gasteiger partial charge is 0.0599 e. The number of nitrogens with one attached hydrogen (secondary N) is 1. The third-order valence-corrected chi connectivity index (χ3v) is 2.57. The summed E-state index contributed by atoms with van der Waals surface area (Å²) < 4.78 is 5.62. The molecule has 15 heavy (non-hydrogen) atoms. The Hall–Kier alpha value is -0.340. The Bertz CT molecular complexity index is 203. The van der Waals surface area contributed by atoms with E-state index in [1.165, 1.54) is 25.7 Å². The topological polar surface area (TPSA) is 21.3 Å². The number of ether oxygens (including phenoxy) is 1. The van der Waals surface area contributed by atoms with Gasteiger partial charge in [0, 0.05) is 6.54 Å². The maximum atomic E-state index is 5.62. The van der Waals surface area contributed by atoms with E-state index < -0.39 is 0 Å². The molecule has 1 N–H and O–H groups in total. The molecule has 0 aromatic heterocycles. The fraction of sp³-hybridized carbons (Fsp3) is 0.846. The normalized spacial score (nSPS) is 16.9. The van der Waals surface area contributed by atoms with Crippen LogP contribution in [0.5, 0.6) is 0 Å². The van der Waals surface area contributed by atoms with Crippen LogP contribution in [0, 0.1) is 0 Å². The van der Waals surface area contributed by atoms with E-state index in [4.69, 9.17) is 4.74 Å². The molecule has 0 saturated carbocycles. The molecule has 88 valence electrons. The molecule has 1 aliphatic carbocycles. The van der Waals surface area contributed by atoms with Crippen LogP contribution in [-0.2, 0) is 4.74 Å². The summed E-state index contributed by atoms with van der Waals surface area (Å²) in [5.41, 5.74) is 1.63. The van der Waals surface area contributed by atoms with Gasteiger partial charge in [0.1, 0.15) is 0 Å². The highest BCUT2D eigenvalue weighted by Crippen LogP contribution is 2.19. The molecular weight excluding hydrogens is 186 g/mol. The first-order valence-electron chi connectivity index (χ1n) is 6.10. The van der Waals surface area contributed by atoms with Gasteiger partial charge in [-0.3, -0.25) is 0 Å². The Kier molecular flexibility index (Phi) is 5.34. The van der Waals surface area contributed by atoms with Crippen LogP contribution < -0.4 is 5.32 Å². The minimum Gasteiger partial charge on any atom is -0.375 e. The van der Waals surface area contributed by atoms with Gasteiger partial charge in [0.15, 0.2) is 0 Å². The number of hydrogen-bond acceptors (Lipinski definition) is 2. The Morgan fingerprint density at radius 2 is 2.13 bits per heavy atom. The van der Waals surface area contributed by atoms with Crippen molar-refractivity contribution in [1.29, 1.82) is 0 Å². The second-order valence-corrected chi connectivity index (χ2v) is 5.22. The quantitative estimate of drug-likeness (QED) is 0.539. The van der Waals surface area contributed by atoms with Crippen LogP contribution >= 0.6 is 0 Å². The summed E-state index contributed by atoms with van der Waals surface area (Å²) in [6, 6.07) is 0. The van der Waals surface area contributed by atoms with Crippen molar-refractivity contribution in [2.45, 2.75) is 52.1 Å². The van der Waals surface area contributed by atoms with E-state index in [0.717, 1.165) is 19.7 Å². The molecule has 0 aromatic rings. The molecule has 0 aromatic carbocycles. The molecule has 0 amide bonds. The van der Waals surface area contributed by atoms with Crippen molar-refractivity contribution in [3.63, 3.8) is 0 Å². The van der Waals surface area contributed by atoms with E-state index in [9.17, 15) is 0 Å². The largest absolute Gasteiger partial charge is 0.375 e. The second-order valence-electron chi connectivity index (χ2n) is 5.22. The van der Waals surface area contributed by atoms with E-state index in [-0.39, 0.29) is 5.60 Å². The van der Waals surface area contributed by atoms with Crippen LogP contribution in [-0.4, -0.2) is 25.3 Å². The summed E-state index contributed by atoms with van der Waals surface area (Å²) in [6.45, 7) is 9.15. The summed E-state index contributed by atoms with van der Waals surface area (Å²) in [6.07, 6.45) is 7.59. The van der Waals surface area contributed by atoms with Crippen molar-refractivity contribution in [3.05, 3.63) is 11.6 Å². The number of rotatable bonds is 6. The Labute approximate surface area is 94.1 Å². The Morgan fingerprint density at radius 3 is 2.73 bits per heavy atom. The van der Waals surface area contributed by atoms with Crippen molar-refractivity contribution in [3.8, 4) is 0 Å². The summed E-state index contributed by atoms with van der Waals surface area (Å²) in [7, 11) is 0. The van der Waals surface area contributed by atoms with Gasteiger partial charge >= 0.3 is 0 Å². The standard InChI is InChI=1S/C13H25NO/c1-13(2,3)15-11-10-14-9-8-12-6-4-5-7-12/h6,14H,4-5,7-11H2,1-3H3. The predicted molar refractivity (Wildman–Crippen MR) is 65.1 cm³/mol. The predicted octanol–water partition coefficient (Wildman–Crippen LogP) is 2.89. The number of hydrogen-bond donors (Lipinski definition) is 1. The molecule has 0 spiro atoms. The number of allylic oxidation sites excluding steroid dienone is 1. The second kappa shape index (κ2) is 6.29. The summed E-state index contributed by atoms with van der Waals surface area (Å²) in [5, 5.41) is 3.42. The van der Waals surface area contributed by atoms with Crippen LogP contribution in [0.3, 0.4) is 0 Å². The van der Waals surface area contributed by atoms with Gasteiger partial charge in [-0.15, -0.1) is 0 Å². The minimum atomic E-state index is -0.00431. The molecular formula is C13H25NO. The van der Waals surface area contributed by atoms with E-state index in [1.807, 2.05) is 0 Å². The third-order valence-electron chi connectivity index (χ3n) is 2.57. The molecule has 0 atom stereocenters. The SMILES string of the molecule is CC(C)(C)OCCNCCC1=CCCC1. The van der Waals surface area contributed by atoms with Gasteiger partial charge in [-0.1, -0.05) is 11.6 Å². The lowest BCUT2D eigenvalue weighted by atomic mass is 10.2. The van der Waals surface area contributed by atoms with E-state index in [1.54, 1.807) is 5.57 Å². The van der Waals surface area contributed by atoms with Crippen molar-refractivity contribution in [2.75, 3.05) is 19.7 Å². The minimum absolute atomic E-state index is 0.00431. The van der Waals surface area contributed by atoms with Crippen molar-refractivity contribution >= 4 is 0 Å². The molecule has 0 bridgehead atoms. The van der Waals surface area contributed by atoms with Crippen LogP contribution in [0.15, 0.2) is 11.6 Å². The van der Waals surface area contributed by atoms with Gasteiger partial charge in [-0.2, -0.15) is 0 Å². The fourth-order valence-corrected chi connectivity index (χ4v) is 1.77. The molecule has 1 aliphatic rings. The Morgan fingerprint density at radius 1 is 1.33 bits per heavy atom. The van der Waals surface area contributed by atoms with Crippen molar-refractivity contribution < 1.29 is 4.74 Å². The molecule has 0 radical (unpaired) electrons. The maximum Gasteiger partial charge on any atom is 0.0599 e. The molecule has 0 fully saturated rings. The highest BCUT2D eigenvalue weighted by Gasteiger charge is 2.08. The van der Waals surface area contributed by atoms with Crippen LogP contribution in [0.2, 0.25) is 0 Å². The van der Waals surface area contributed by atoms with Crippen molar-refractivity contribution in [1.82, 2.24) is 5.32 Å². The first kappa shape index (κ1) is 12.7. The van der Waals surface area contributed by atoms with E-state index in [0.29, 0.717) is 0 Å². The summed E-state index contributed by atoms with van der Waals surface area (Å²) >= 11 is 0. The first-order valence-corrected chi connectivity index (χ1v) is 6.10. The van der Waals surface area contributed by atoms with Crippen molar-refractivity contribution in [2.24, 2.45) is 0 Å². The lowest BCUT2D eigenvalue weighted by molar-refractivity contribution is -0.000711. The van der Waals surface area contributed by atoms with Gasteiger partial charge in [0.2, 0.25) is 0 Å². The molecule has 0 heterocycles. The summed E-state index contributed by atoms with van der Waals surface area (Å²) in [4.78, 5) is 0. The van der Waals surface area contributed by atoms with Gasteiger partial charge in [0.25, 0.3) is 0 Å². The zero-order valence-electron chi connectivity index (χ0n) is 10.4. The van der Waals surface area contributed by atoms with Crippen LogP contribution in [0.25, 0.3) is 0 Å². The average Bonchev–Trinajstić information content (AvgIpc) is 2.61. The molecule has 1 rings (SSSR count). The molecule has 0 aliphatic heterocycles. The molecule has 2 nitrogen and oxygen atoms in total. The fourth-order valence-electron chi connectivity index (χ4n) is 1.77. The maximum absolute atomic E-state index is 5.62. The lowest BCUT2D eigenvalue weighted by Crippen LogP contribution is -2.27. The lowest BCUT2D eigenvalue weighted by Gasteiger charge is -2.19. The highest BCUT2D eigenvalue weighted by atomic mass is 16.5. The summed E-state index contributed by atoms with van der Waals surface area (Å²) in [5.74, 6) is 0. The first-order chi connectivity index (χ1) is 7.08. The monoisotopic (exact) mass is 211 g/mol. The zero-order chi connectivity index (χ0) is 11.1. The molecule has 0 saturated heterocycles. The van der Waals surface area contributed by atoms with Gasteiger partial charge in [-0.25, -0.2) is 0 Å². The zero-order valence-corrected chi connectivity index (χ0v) is 10.4.